The number of benzene rings is 9. The summed E-state index contributed by atoms with van der Waals surface area (Å²) in [5, 5.41) is -6.53. The molecule has 0 aromatic heterocycles. The normalized spacial score (nSPS) is 20.6. The zero-order valence-corrected chi connectivity index (χ0v) is 23.0. The van der Waals surface area contributed by atoms with Crippen molar-refractivity contribution in [1.29, 1.82) is 0 Å². The maximum absolute atomic E-state index is 10.3. The van der Waals surface area contributed by atoms with Crippen molar-refractivity contribution in [2.24, 2.45) is 0 Å². The van der Waals surface area contributed by atoms with Crippen molar-refractivity contribution in [3.63, 3.8) is 0 Å². The fourth-order valence-corrected chi connectivity index (χ4v) is 5.34. The molecular weight excluding hydrogens is 553 g/mol. The van der Waals surface area contributed by atoms with E-state index in [0.717, 1.165) is 0 Å². The fraction of sp³-hybridized carbons (Fsp3) is 0. The largest absolute Gasteiger partial charge is 0.0636 e. The van der Waals surface area contributed by atoms with Crippen molar-refractivity contribution < 1.29 is 41.1 Å². The second-order valence-electron chi connectivity index (χ2n) is 9.75. The van der Waals surface area contributed by atoms with Crippen molar-refractivity contribution >= 4 is 43.1 Å². The molecule has 0 bridgehead atoms. The first kappa shape index (κ1) is 10.0. The van der Waals surface area contributed by atoms with E-state index >= 15 is 0 Å². The van der Waals surface area contributed by atoms with Gasteiger partial charge in [0.1, 0.15) is 0 Å². The Bertz CT molecular complexity index is 4210. The highest BCUT2D eigenvalue weighted by atomic mass is 14.2. The highest BCUT2D eigenvalue weighted by Crippen LogP contribution is 2.46. The van der Waals surface area contributed by atoms with Gasteiger partial charge in [0, 0.05) is 0 Å². The first-order valence-corrected chi connectivity index (χ1v) is 13.5. The van der Waals surface area contributed by atoms with Gasteiger partial charge in [-0.05, 0) is 106 Å². The molecule has 9 aromatic carbocycles. The van der Waals surface area contributed by atoms with Crippen LogP contribution < -0.4 is 0 Å². The van der Waals surface area contributed by atoms with Gasteiger partial charge in [-0.2, -0.15) is 0 Å². The number of fused-ring (bicyclic) bond motifs is 4. The van der Waals surface area contributed by atoms with Crippen LogP contribution >= 0.6 is 0 Å². The Hall–Kier alpha value is -5.98. The Morgan fingerprint density at radius 1 is 0.261 bits per heavy atom. The molecule has 0 unspecified atom stereocenters. The standard InChI is InChI=1S/C46H30/c1-3-14-32(15-4-1)43-30-36(28-34-19-8-10-22-39(34)43)46-41-24-12-11-23-40(41)45(33-17-5-2-6-18-33)42-27-26-35(29-44(42)46)38-25-13-20-31-16-7-9-21-37(31)38/h1-30H/i1D,2D,3D,4D,5D,6D,7D,8D,9D,10D,11D,12D,13D,14D,15D,16D,17D,18D,19D,20D,21D,22D,23D,24D,25D,26D,27D,28D,29D,30D. The lowest BCUT2D eigenvalue weighted by Crippen LogP contribution is -1.93. The minimum atomic E-state index is -1.17. The molecule has 0 aliphatic rings. The molecule has 46 heavy (non-hydrogen) atoms. The Kier molecular flexibility index (Phi) is 2.37. The molecule has 0 fully saturated rings. The van der Waals surface area contributed by atoms with Crippen LogP contribution in [0.25, 0.3) is 87.6 Å². The van der Waals surface area contributed by atoms with Crippen molar-refractivity contribution in [1.82, 2.24) is 0 Å². The summed E-state index contributed by atoms with van der Waals surface area (Å²) in [6.07, 6.45) is 0. The Morgan fingerprint density at radius 3 is 1.50 bits per heavy atom. The van der Waals surface area contributed by atoms with Gasteiger partial charge >= 0.3 is 0 Å². The van der Waals surface area contributed by atoms with E-state index in [-0.39, 0.29) is 0 Å². The predicted octanol–water partition coefficient (Wildman–Crippen LogP) is 13.0. The summed E-state index contributed by atoms with van der Waals surface area (Å²) in [7, 11) is 0. The van der Waals surface area contributed by atoms with Gasteiger partial charge in [0.15, 0.2) is 0 Å². The number of rotatable bonds is 4. The molecule has 0 heteroatoms. The molecule has 0 nitrogen and oxygen atoms in total. The molecule has 0 saturated carbocycles. The molecule has 214 valence electrons. The second kappa shape index (κ2) is 10.9. The van der Waals surface area contributed by atoms with Crippen LogP contribution in [0.3, 0.4) is 0 Å². The maximum atomic E-state index is 10.3. The summed E-state index contributed by atoms with van der Waals surface area (Å²) in [6.45, 7) is 0. The first-order chi connectivity index (χ1) is 35.3. The van der Waals surface area contributed by atoms with Gasteiger partial charge in [0.05, 0.1) is 41.1 Å². The molecule has 9 rings (SSSR count). The van der Waals surface area contributed by atoms with Crippen LogP contribution in [0.15, 0.2) is 181 Å². The summed E-state index contributed by atoms with van der Waals surface area (Å²) in [5.41, 5.74) is -7.18. The van der Waals surface area contributed by atoms with Gasteiger partial charge in [-0.3, -0.25) is 0 Å². The first-order valence-electron chi connectivity index (χ1n) is 28.5. The minimum absolute atomic E-state index is 0.686. The predicted molar refractivity (Wildman–Crippen MR) is 198 cm³/mol. The van der Waals surface area contributed by atoms with Crippen LogP contribution in [-0.4, -0.2) is 0 Å². The molecule has 0 amide bonds. The molecule has 0 aliphatic heterocycles. The average molecular weight is 613 g/mol. The molecule has 0 radical (unpaired) electrons. The van der Waals surface area contributed by atoms with Crippen molar-refractivity contribution in [2.75, 3.05) is 0 Å². The van der Waals surface area contributed by atoms with E-state index in [2.05, 4.69) is 0 Å². The lowest BCUT2D eigenvalue weighted by Gasteiger charge is -2.20. The second-order valence-corrected chi connectivity index (χ2v) is 9.75. The average Bonchev–Trinajstić information content (AvgIpc) is 3.38. The van der Waals surface area contributed by atoms with Crippen molar-refractivity contribution in [3.05, 3.63) is 181 Å². The van der Waals surface area contributed by atoms with Gasteiger partial charge in [0.2, 0.25) is 0 Å². The summed E-state index contributed by atoms with van der Waals surface area (Å²) < 4.78 is 271. The SMILES string of the molecule is [2H]c1c([2H])c([2H])c(-c2c([2H])c(-c3c4c([2H])c([2H])c([2H])c([2H])c4c(-c4c([2H])c([2H])c([2H])c([2H])c4[2H])c4c([2H])c([2H])c(-c5c([2H])c([2H])c([2H])c6c([2H])c([2H])c([2H])c([2H])c56)c([2H])c34)c([2H])c3c([2H])c([2H])c([2H])c([2H])c23)c([2H])c1[2H]. The van der Waals surface area contributed by atoms with Crippen LogP contribution in [0.4, 0.5) is 0 Å². The van der Waals surface area contributed by atoms with Gasteiger partial charge in [-0.1, -0.05) is 163 Å². The third-order valence-corrected chi connectivity index (χ3v) is 7.25. The molecule has 0 N–H and O–H groups in total. The zero-order chi connectivity index (χ0) is 56.6. The van der Waals surface area contributed by atoms with E-state index in [0.29, 0.717) is 0 Å². The monoisotopic (exact) mass is 612 g/mol. The summed E-state index contributed by atoms with van der Waals surface area (Å²) in [6, 6.07) is -30.9. The van der Waals surface area contributed by atoms with E-state index in [1.165, 1.54) is 0 Å². The summed E-state index contributed by atoms with van der Waals surface area (Å²) in [4.78, 5) is 0. The highest BCUT2D eigenvalue weighted by molar-refractivity contribution is 6.23. The summed E-state index contributed by atoms with van der Waals surface area (Å²) in [5.74, 6) is 0. The molecule has 0 heterocycles. The molecule has 9 aromatic rings. The van der Waals surface area contributed by atoms with E-state index in [1.807, 2.05) is 0 Å². The van der Waals surface area contributed by atoms with Crippen molar-refractivity contribution in [3.8, 4) is 44.5 Å². The number of hydrogen-bond acceptors (Lipinski definition) is 0. The zero-order valence-electron chi connectivity index (χ0n) is 53.0. The van der Waals surface area contributed by atoms with E-state index in [9.17, 15) is 11.0 Å². The number of hydrogen-bond donors (Lipinski definition) is 0. The molecule has 0 saturated heterocycles. The van der Waals surface area contributed by atoms with Crippen LogP contribution in [0.2, 0.25) is 0 Å². The third kappa shape index (κ3) is 4.30. The Balaban J connectivity index is 1.75. The van der Waals surface area contributed by atoms with Gasteiger partial charge in [0.25, 0.3) is 0 Å². The van der Waals surface area contributed by atoms with E-state index in [1.54, 1.807) is 0 Å². The Morgan fingerprint density at radius 2 is 0.783 bits per heavy atom. The third-order valence-electron chi connectivity index (χ3n) is 7.25. The molecule has 0 aliphatic carbocycles. The van der Waals surface area contributed by atoms with Crippen LogP contribution in [0.5, 0.6) is 0 Å². The maximum Gasteiger partial charge on any atom is 0.0636 e. The lowest BCUT2D eigenvalue weighted by molar-refractivity contribution is 1.63. The van der Waals surface area contributed by atoms with Crippen LogP contribution in [0, 0.1) is 0 Å². The van der Waals surface area contributed by atoms with E-state index in [4.69, 9.17) is 30.2 Å². The minimum Gasteiger partial charge on any atom is -0.0622 e. The lowest BCUT2D eigenvalue weighted by atomic mass is 9.83. The molecule has 0 atom stereocenters. The topological polar surface area (TPSA) is 0 Å². The smallest absolute Gasteiger partial charge is 0.0622 e. The molecular formula is C46H30. The van der Waals surface area contributed by atoms with Crippen LogP contribution in [0.1, 0.15) is 41.1 Å². The van der Waals surface area contributed by atoms with Crippen molar-refractivity contribution in [2.45, 2.75) is 0 Å². The fourth-order valence-electron chi connectivity index (χ4n) is 5.34. The van der Waals surface area contributed by atoms with Gasteiger partial charge in [-0.15, -0.1) is 0 Å². The highest BCUT2D eigenvalue weighted by Gasteiger charge is 2.19. The summed E-state index contributed by atoms with van der Waals surface area (Å²) >= 11 is 0. The quantitative estimate of drug-likeness (QED) is 0.173. The van der Waals surface area contributed by atoms with Gasteiger partial charge < -0.3 is 0 Å². The Labute approximate surface area is 311 Å². The van der Waals surface area contributed by atoms with E-state index < -0.39 is 269 Å². The molecule has 0 spiro atoms. The van der Waals surface area contributed by atoms with Gasteiger partial charge in [-0.25, -0.2) is 0 Å². The van der Waals surface area contributed by atoms with Crippen LogP contribution in [-0.2, 0) is 0 Å².